The molecule has 0 saturated heterocycles. The molecule has 7 rings (SSSR count). The fourth-order valence-corrected chi connectivity index (χ4v) is 8.58. The van der Waals surface area contributed by atoms with E-state index in [0.717, 1.165) is 48.9 Å². The van der Waals surface area contributed by atoms with Gasteiger partial charge in [0, 0.05) is 21.5 Å². The molecular weight excluding hydrogens is 431 g/mol. The van der Waals surface area contributed by atoms with Crippen LogP contribution in [-0.2, 0) is 4.57 Å². The Morgan fingerprint density at radius 2 is 1.06 bits per heavy atom. The van der Waals surface area contributed by atoms with Crippen LogP contribution in [0.2, 0.25) is 0 Å². The number of fused-ring (bicyclic) bond motifs is 8. The molecule has 6 aromatic rings. The van der Waals surface area contributed by atoms with Crippen LogP contribution in [0.1, 0.15) is 0 Å². The third-order valence-corrected chi connectivity index (χ3v) is 10.2. The van der Waals surface area contributed by atoms with Gasteiger partial charge >= 0.3 is 0 Å². The van der Waals surface area contributed by atoms with Gasteiger partial charge in [0.05, 0.1) is 0 Å². The van der Waals surface area contributed by atoms with E-state index in [4.69, 9.17) is 0 Å². The summed E-state index contributed by atoms with van der Waals surface area (Å²) in [6.45, 7) is 0. The second-order valence-electron chi connectivity index (χ2n) is 8.89. The van der Waals surface area contributed by atoms with Crippen molar-refractivity contribution < 1.29 is 4.57 Å². The van der Waals surface area contributed by atoms with E-state index in [9.17, 15) is 0 Å². The summed E-state index contributed by atoms with van der Waals surface area (Å²) in [4.78, 5) is 0. The van der Waals surface area contributed by atoms with Crippen molar-refractivity contribution in [2.75, 3.05) is 0 Å². The fourth-order valence-electron chi connectivity index (χ4n) is 5.50. The van der Waals surface area contributed by atoms with Gasteiger partial charge in [0.25, 0.3) is 0 Å². The molecule has 0 radical (unpaired) electrons. The second-order valence-corrected chi connectivity index (χ2v) is 11.6. The highest BCUT2D eigenvalue weighted by atomic mass is 31.2. The first-order valence-electron chi connectivity index (χ1n) is 11.6. The largest absolute Gasteiger partial charge is 0.309 e. The van der Waals surface area contributed by atoms with Crippen LogP contribution in [0.15, 0.2) is 127 Å². The molecule has 0 bridgehead atoms. The summed E-state index contributed by atoms with van der Waals surface area (Å²) in [5.41, 5.74) is 4.42. The van der Waals surface area contributed by atoms with Crippen LogP contribution in [0.4, 0.5) is 0 Å². The molecule has 1 aliphatic heterocycles. The van der Waals surface area contributed by atoms with E-state index in [1.165, 1.54) is 10.8 Å². The van der Waals surface area contributed by atoms with E-state index in [1.807, 2.05) is 36.4 Å². The molecule has 0 spiro atoms. The third kappa shape index (κ3) is 2.65. The van der Waals surface area contributed by atoms with Crippen LogP contribution in [0.25, 0.3) is 43.8 Å². The first kappa shape index (κ1) is 19.5. The van der Waals surface area contributed by atoms with Crippen LogP contribution in [0, 0.1) is 0 Å². The third-order valence-electron chi connectivity index (χ3n) is 7.05. The summed E-state index contributed by atoms with van der Waals surface area (Å²) < 4.78 is 15.5. The minimum absolute atomic E-state index is 0.872. The summed E-state index contributed by atoms with van der Waals surface area (Å²) >= 11 is 0. The average molecular weight is 452 g/mol. The highest BCUT2D eigenvalue weighted by Crippen LogP contribution is 2.53. The Morgan fingerprint density at radius 3 is 1.85 bits per heavy atom. The van der Waals surface area contributed by atoms with Gasteiger partial charge in [0.15, 0.2) is 7.14 Å². The second kappa shape index (κ2) is 7.29. The zero-order chi connectivity index (χ0) is 22.7. The van der Waals surface area contributed by atoms with Crippen molar-refractivity contribution in [2.45, 2.75) is 0 Å². The van der Waals surface area contributed by atoms with Crippen LogP contribution in [0.5, 0.6) is 0 Å². The lowest BCUT2D eigenvalue weighted by atomic mass is 9.89. The molecule has 1 atom stereocenters. The normalized spacial score (nSPS) is 16.5. The Morgan fingerprint density at radius 1 is 0.441 bits per heavy atom. The maximum Gasteiger partial charge on any atom is 0.172 e. The molecule has 0 aromatic heterocycles. The van der Waals surface area contributed by atoms with Crippen molar-refractivity contribution in [1.82, 2.24) is 0 Å². The average Bonchev–Trinajstić information content (AvgIpc) is 3.00. The van der Waals surface area contributed by atoms with E-state index >= 15 is 4.57 Å². The Kier molecular flexibility index (Phi) is 4.19. The van der Waals surface area contributed by atoms with Gasteiger partial charge in [-0.2, -0.15) is 0 Å². The van der Waals surface area contributed by atoms with Crippen LogP contribution >= 0.6 is 7.14 Å². The van der Waals surface area contributed by atoms with Crippen LogP contribution in [0.3, 0.4) is 0 Å². The van der Waals surface area contributed by atoms with Gasteiger partial charge in [-0.15, -0.1) is 0 Å². The van der Waals surface area contributed by atoms with Crippen molar-refractivity contribution >= 4 is 44.6 Å². The first-order valence-corrected chi connectivity index (χ1v) is 13.3. The fraction of sp³-hybridized carbons (Fsp3) is 0. The molecule has 1 aliphatic rings. The summed E-state index contributed by atoms with van der Waals surface area (Å²) in [6, 6.07) is 44.0. The van der Waals surface area contributed by atoms with Crippen LogP contribution in [-0.4, -0.2) is 0 Å². The van der Waals surface area contributed by atoms with Gasteiger partial charge in [0.1, 0.15) is 0 Å². The highest BCUT2D eigenvalue weighted by Gasteiger charge is 2.38. The Labute approximate surface area is 198 Å². The molecule has 0 fully saturated rings. The summed E-state index contributed by atoms with van der Waals surface area (Å²) in [5, 5.41) is 7.37. The predicted molar refractivity (Wildman–Crippen MR) is 145 cm³/mol. The van der Waals surface area contributed by atoms with E-state index in [1.54, 1.807) is 0 Å². The van der Waals surface area contributed by atoms with Gasteiger partial charge < -0.3 is 4.57 Å². The molecule has 0 N–H and O–H groups in total. The molecular formula is C32H21OP. The zero-order valence-electron chi connectivity index (χ0n) is 18.5. The van der Waals surface area contributed by atoms with Gasteiger partial charge in [-0.25, -0.2) is 0 Å². The predicted octanol–water partition coefficient (Wildman–Crippen LogP) is 7.28. The summed E-state index contributed by atoms with van der Waals surface area (Å²) in [5.74, 6) is 0. The number of hydrogen-bond acceptors (Lipinski definition) is 1. The van der Waals surface area contributed by atoms with Gasteiger partial charge in [-0.3, -0.25) is 0 Å². The van der Waals surface area contributed by atoms with Crippen molar-refractivity contribution in [3.05, 3.63) is 127 Å². The first-order chi connectivity index (χ1) is 16.7. The molecule has 2 heteroatoms. The van der Waals surface area contributed by atoms with E-state index < -0.39 is 7.14 Å². The van der Waals surface area contributed by atoms with E-state index in [0.29, 0.717) is 0 Å². The zero-order valence-corrected chi connectivity index (χ0v) is 19.4. The number of rotatable bonds is 1. The summed E-state index contributed by atoms with van der Waals surface area (Å²) in [7, 11) is -3.14. The van der Waals surface area contributed by atoms with Gasteiger partial charge in [0.2, 0.25) is 0 Å². The lowest BCUT2D eigenvalue weighted by Gasteiger charge is -2.22. The standard InChI is InChI=1S/C32H21OP/c33-34(25-13-2-1-3-14-25)30-17-9-8-16-27(30)28-20-23-11-4-5-12-24(23)21-29(28)32-26-15-7-6-10-22(26)18-19-31(32)34/h1-21H. The molecule has 0 saturated carbocycles. The molecule has 160 valence electrons. The van der Waals surface area contributed by atoms with Crippen molar-refractivity contribution in [3.8, 4) is 22.3 Å². The molecule has 0 amide bonds. The molecule has 1 heterocycles. The van der Waals surface area contributed by atoms with Crippen molar-refractivity contribution in [3.63, 3.8) is 0 Å². The lowest BCUT2D eigenvalue weighted by Crippen LogP contribution is -2.26. The highest BCUT2D eigenvalue weighted by molar-refractivity contribution is 7.85. The molecule has 0 aliphatic carbocycles. The quantitative estimate of drug-likeness (QED) is 0.239. The monoisotopic (exact) mass is 452 g/mol. The van der Waals surface area contributed by atoms with Crippen molar-refractivity contribution in [2.24, 2.45) is 0 Å². The molecule has 1 unspecified atom stereocenters. The minimum atomic E-state index is -3.14. The number of benzene rings is 6. The minimum Gasteiger partial charge on any atom is -0.309 e. The van der Waals surface area contributed by atoms with E-state index in [2.05, 4.69) is 91.0 Å². The number of hydrogen-bond donors (Lipinski definition) is 0. The van der Waals surface area contributed by atoms with Gasteiger partial charge in [-0.1, -0.05) is 109 Å². The van der Waals surface area contributed by atoms with Crippen molar-refractivity contribution in [1.29, 1.82) is 0 Å². The maximum atomic E-state index is 15.5. The molecule has 1 nitrogen and oxygen atoms in total. The van der Waals surface area contributed by atoms with Gasteiger partial charge in [-0.05, 0) is 56.4 Å². The van der Waals surface area contributed by atoms with E-state index in [-0.39, 0.29) is 0 Å². The maximum absolute atomic E-state index is 15.5. The smallest absolute Gasteiger partial charge is 0.172 e. The lowest BCUT2D eigenvalue weighted by molar-refractivity contribution is 0.592. The Bertz CT molecular complexity index is 1780. The topological polar surface area (TPSA) is 17.1 Å². The van der Waals surface area contributed by atoms with Crippen LogP contribution < -0.4 is 15.9 Å². The molecule has 6 aromatic carbocycles. The Balaban J connectivity index is 1.76. The Hall–Kier alpha value is -3.93. The summed E-state index contributed by atoms with van der Waals surface area (Å²) in [6.07, 6.45) is 0. The SMILES string of the molecule is O=P1(c2ccccc2)c2ccccc2-c2cc3ccccc3cc2-c2c1ccc1ccccc21. The molecule has 34 heavy (non-hydrogen) atoms.